The molecule has 0 saturated carbocycles. The number of hydrazone groups is 1. The Morgan fingerprint density at radius 2 is 1.85 bits per heavy atom. The van der Waals surface area contributed by atoms with Crippen molar-refractivity contribution in [2.45, 2.75) is 6.42 Å². The number of halogens is 1. The summed E-state index contributed by atoms with van der Waals surface area (Å²) in [5, 5.41) is 26.8. The summed E-state index contributed by atoms with van der Waals surface area (Å²) in [5.41, 5.74) is 1.67. The molecule has 3 aromatic rings. The standard InChI is InChI=1S/C23H14ClN5O4S/c24-15-5-1-13(2-6-15)11-20-27-28-21(25)18(22(30)26-23(28)34-20)12-17-9-10-19(33-17)14-3-7-16(8-4-14)29(31)32/h1-10,12,25H,11H2/b18-12-,25-21?. The Morgan fingerprint density at radius 3 is 2.56 bits per heavy atom. The lowest BCUT2D eigenvalue weighted by Crippen LogP contribution is -2.35. The molecule has 11 heteroatoms. The monoisotopic (exact) mass is 491 g/mol. The summed E-state index contributed by atoms with van der Waals surface area (Å²) in [4.78, 5) is 27.1. The highest BCUT2D eigenvalue weighted by Gasteiger charge is 2.35. The number of nitrogens with one attached hydrogen (secondary N) is 1. The fourth-order valence-corrected chi connectivity index (χ4v) is 4.40. The van der Waals surface area contributed by atoms with Crippen LogP contribution in [0.3, 0.4) is 0 Å². The molecule has 2 aromatic carbocycles. The van der Waals surface area contributed by atoms with E-state index < -0.39 is 10.8 Å². The van der Waals surface area contributed by atoms with Gasteiger partial charge in [-0.05, 0) is 59.8 Å². The fourth-order valence-electron chi connectivity index (χ4n) is 3.36. The van der Waals surface area contributed by atoms with Crippen LogP contribution >= 0.6 is 23.4 Å². The lowest BCUT2D eigenvalue weighted by molar-refractivity contribution is -0.384. The largest absolute Gasteiger partial charge is 0.457 e. The van der Waals surface area contributed by atoms with Gasteiger partial charge >= 0.3 is 0 Å². The third-order valence-corrected chi connectivity index (χ3v) is 6.20. The molecule has 0 fully saturated rings. The third kappa shape index (κ3) is 4.28. The molecular weight excluding hydrogens is 478 g/mol. The van der Waals surface area contributed by atoms with E-state index in [0.29, 0.717) is 38.7 Å². The zero-order valence-corrected chi connectivity index (χ0v) is 18.8. The second-order valence-electron chi connectivity index (χ2n) is 7.32. The Balaban J connectivity index is 1.36. The van der Waals surface area contributed by atoms with E-state index in [9.17, 15) is 14.9 Å². The lowest BCUT2D eigenvalue weighted by atomic mass is 10.1. The van der Waals surface area contributed by atoms with Crippen LogP contribution in [-0.4, -0.2) is 31.9 Å². The van der Waals surface area contributed by atoms with Crippen LogP contribution in [-0.2, 0) is 11.2 Å². The molecule has 3 heterocycles. The van der Waals surface area contributed by atoms with E-state index in [4.69, 9.17) is 21.4 Å². The molecular formula is C23H14ClN5O4S. The van der Waals surface area contributed by atoms with Crippen LogP contribution in [0, 0.1) is 15.5 Å². The van der Waals surface area contributed by atoms with Crippen molar-refractivity contribution in [2.75, 3.05) is 0 Å². The number of amidine groups is 2. The molecule has 1 N–H and O–H groups in total. The van der Waals surface area contributed by atoms with Crippen LogP contribution in [0.5, 0.6) is 0 Å². The average Bonchev–Trinajstić information content (AvgIpc) is 3.45. The molecule has 2 aliphatic heterocycles. The smallest absolute Gasteiger partial charge is 0.283 e. The number of amides is 1. The van der Waals surface area contributed by atoms with Crippen LogP contribution in [0.2, 0.25) is 5.02 Å². The molecule has 0 radical (unpaired) electrons. The summed E-state index contributed by atoms with van der Waals surface area (Å²) in [5.74, 6) is 0.167. The summed E-state index contributed by atoms with van der Waals surface area (Å²) >= 11 is 7.18. The van der Waals surface area contributed by atoms with E-state index in [-0.39, 0.29) is 17.1 Å². The number of nitro groups is 1. The van der Waals surface area contributed by atoms with Crippen molar-refractivity contribution in [2.24, 2.45) is 10.1 Å². The summed E-state index contributed by atoms with van der Waals surface area (Å²) in [6.07, 6.45) is 1.96. The predicted octanol–water partition coefficient (Wildman–Crippen LogP) is 5.37. The minimum absolute atomic E-state index is 0.0213. The molecule has 0 unspecified atom stereocenters. The van der Waals surface area contributed by atoms with Crippen LogP contribution < -0.4 is 0 Å². The van der Waals surface area contributed by atoms with Gasteiger partial charge in [-0.2, -0.15) is 15.1 Å². The fraction of sp³-hybridized carbons (Fsp3) is 0.0435. The number of rotatable bonds is 5. The number of carbonyl (C=O) groups excluding carboxylic acids is 1. The number of nitrogens with zero attached hydrogens (tertiary/aromatic N) is 4. The molecule has 2 aliphatic rings. The van der Waals surface area contributed by atoms with Gasteiger partial charge in [0, 0.05) is 29.1 Å². The maximum Gasteiger partial charge on any atom is 0.283 e. The SMILES string of the molecule is N=C1/C(=C/c2ccc(-c3ccc([N+](=O)[O-])cc3)o2)C(=O)N=C2SC(Cc3ccc(Cl)cc3)=NN12. The highest BCUT2D eigenvalue weighted by Crippen LogP contribution is 2.31. The van der Waals surface area contributed by atoms with Crippen molar-refractivity contribution in [3.63, 3.8) is 0 Å². The van der Waals surface area contributed by atoms with Crippen LogP contribution in [0.25, 0.3) is 17.4 Å². The lowest BCUT2D eigenvalue weighted by Gasteiger charge is -2.19. The predicted molar refractivity (Wildman–Crippen MR) is 131 cm³/mol. The Labute approximate surface area is 202 Å². The van der Waals surface area contributed by atoms with Gasteiger partial charge in [-0.25, -0.2) is 0 Å². The first-order chi connectivity index (χ1) is 16.4. The zero-order valence-electron chi connectivity index (χ0n) is 17.3. The van der Waals surface area contributed by atoms with Crippen molar-refractivity contribution < 1.29 is 14.1 Å². The highest BCUT2D eigenvalue weighted by atomic mass is 35.5. The van der Waals surface area contributed by atoms with Crippen molar-refractivity contribution in [1.82, 2.24) is 5.01 Å². The highest BCUT2D eigenvalue weighted by molar-refractivity contribution is 8.26. The number of non-ortho nitro benzene ring substituents is 1. The maximum atomic E-state index is 12.6. The minimum atomic E-state index is -0.556. The number of carbonyl (C=O) groups is 1. The number of furan rings is 1. The number of nitro benzene ring substituents is 1. The minimum Gasteiger partial charge on any atom is -0.457 e. The molecule has 0 spiro atoms. The van der Waals surface area contributed by atoms with E-state index in [1.165, 1.54) is 35.0 Å². The average molecular weight is 492 g/mol. The molecule has 0 bridgehead atoms. The van der Waals surface area contributed by atoms with Gasteiger partial charge in [-0.1, -0.05) is 23.7 Å². The van der Waals surface area contributed by atoms with Gasteiger partial charge in [0.15, 0.2) is 5.84 Å². The molecule has 0 atom stereocenters. The Bertz CT molecular complexity index is 1420. The number of benzene rings is 2. The summed E-state index contributed by atoms with van der Waals surface area (Å²) in [6.45, 7) is 0. The van der Waals surface area contributed by atoms with Gasteiger partial charge in [-0.3, -0.25) is 20.3 Å². The number of fused-ring (bicyclic) bond motifs is 1. The Morgan fingerprint density at radius 1 is 1.12 bits per heavy atom. The van der Waals surface area contributed by atoms with Gasteiger partial charge in [0.1, 0.15) is 16.6 Å². The topological polar surface area (TPSA) is 125 Å². The third-order valence-electron chi connectivity index (χ3n) is 5.04. The number of thioether (sulfide) groups is 1. The molecule has 168 valence electrons. The molecule has 1 amide bonds. The second kappa shape index (κ2) is 8.73. The molecule has 9 nitrogen and oxygen atoms in total. The molecule has 1 aromatic heterocycles. The van der Waals surface area contributed by atoms with Gasteiger partial charge in [-0.15, -0.1) is 0 Å². The van der Waals surface area contributed by atoms with E-state index in [1.807, 2.05) is 12.1 Å². The first kappa shape index (κ1) is 21.8. The van der Waals surface area contributed by atoms with Gasteiger partial charge in [0.2, 0.25) is 5.17 Å². The van der Waals surface area contributed by atoms with E-state index in [2.05, 4.69) is 10.1 Å². The number of hydrogen-bond donors (Lipinski definition) is 1. The maximum absolute atomic E-state index is 12.6. The van der Waals surface area contributed by atoms with E-state index in [1.54, 1.807) is 36.4 Å². The molecule has 5 rings (SSSR count). The Hall–Kier alpha value is -4.02. The zero-order chi connectivity index (χ0) is 23.8. The number of aliphatic imine (C=N–C) groups is 1. The van der Waals surface area contributed by atoms with Gasteiger partial charge in [0.05, 0.1) is 10.5 Å². The van der Waals surface area contributed by atoms with Crippen molar-refractivity contribution in [1.29, 1.82) is 5.41 Å². The first-order valence-corrected chi connectivity index (χ1v) is 11.1. The second-order valence-corrected chi connectivity index (χ2v) is 8.80. The van der Waals surface area contributed by atoms with Crippen LogP contribution in [0.15, 0.2) is 80.7 Å². The molecule has 34 heavy (non-hydrogen) atoms. The van der Waals surface area contributed by atoms with Gasteiger partial charge in [0.25, 0.3) is 11.6 Å². The van der Waals surface area contributed by atoms with Crippen molar-refractivity contribution >= 4 is 57.1 Å². The van der Waals surface area contributed by atoms with Crippen molar-refractivity contribution in [3.8, 4) is 11.3 Å². The quantitative estimate of drug-likeness (QED) is 0.290. The first-order valence-electron chi connectivity index (χ1n) is 9.95. The Kier molecular flexibility index (Phi) is 5.60. The normalized spacial score (nSPS) is 16.5. The summed E-state index contributed by atoms with van der Waals surface area (Å²) in [7, 11) is 0. The van der Waals surface area contributed by atoms with Gasteiger partial charge < -0.3 is 4.42 Å². The van der Waals surface area contributed by atoms with Crippen LogP contribution in [0.4, 0.5) is 5.69 Å². The van der Waals surface area contributed by atoms with Crippen molar-refractivity contribution in [3.05, 3.63) is 92.7 Å². The van der Waals surface area contributed by atoms with E-state index in [0.717, 1.165) is 5.56 Å². The number of hydrogen-bond acceptors (Lipinski definition) is 7. The molecule has 0 saturated heterocycles. The molecule has 0 aliphatic carbocycles. The van der Waals surface area contributed by atoms with E-state index >= 15 is 0 Å². The summed E-state index contributed by atoms with van der Waals surface area (Å²) in [6, 6.07) is 16.6. The summed E-state index contributed by atoms with van der Waals surface area (Å²) < 4.78 is 5.78. The van der Waals surface area contributed by atoms with Crippen LogP contribution in [0.1, 0.15) is 11.3 Å².